The number of amides is 4. The van der Waals surface area contributed by atoms with Crippen LogP contribution < -0.4 is 21.7 Å². The fraction of sp³-hybridized carbons (Fsp3) is 0.889. The molecule has 0 saturated carbocycles. The highest BCUT2D eigenvalue weighted by atomic mass is 28.4. The number of ether oxygens (including phenoxy) is 1. The molecule has 0 heterocycles. The first kappa shape index (κ1) is 47.0. The van der Waals surface area contributed by atoms with Gasteiger partial charge in [0.05, 0.1) is 24.2 Å². The number of hydrogen-bond acceptors (Lipinski definition) is 7. The normalized spacial score (nSPS) is 17.6. The van der Waals surface area contributed by atoms with Gasteiger partial charge in [0, 0.05) is 0 Å². The van der Waals surface area contributed by atoms with Gasteiger partial charge in [0.25, 0.3) is 0 Å². The molecule has 0 saturated heterocycles. The van der Waals surface area contributed by atoms with Crippen LogP contribution in [0, 0.1) is 17.8 Å². The van der Waals surface area contributed by atoms with E-state index in [-0.39, 0.29) is 34.2 Å². The number of carbonyl (C=O) groups is 4. The third-order valence-electron chi connectivity index (χ3n) is 10.3. The highest BCUT2D eigenvalue weighted by molar-refractivity contribution is 6.74. The molecule has 0 aliphatic carbocycles. The first-order valence-electron chi connectivity index (χ1n) is 18.0. The molecule has 288 valence electrons. The van der Waals surface area contributed by atoms with Crippen molar-refractivity contribution in [1.82, 2.24) is 16.0 Å². The third kappa shape index (κ3) is 15.0. The van der Waals surface area contributed by atoms with Crippen molar-refractivity contribution in [3.63, 3.8) is 0 Å². The molecule has 0 aromatic rings. The van der Waals surface area contributed by atoms with Gasteiger partial charge in [-0.1, -0.05) is 75.7 Å². The smallest absolute Gasteiger partial charge is 0.407 e. The number of hydrogen-bond donors (Lipinski definition) is 4. The van der Waals surface area contributed by atoms with Gasteiger partial charge in [0.15, 0.2) is 16.6 Å². The average molecular weight is 731 g/mol. The zero-order valence-corrected chi connectivity index (χ0v) is 36.5. The van der Waals surface area contributed by atoms with E-state index in [9.17, 15) is 19.2 Å². The van der Waals surface area contributed by atoms with Crippen LogP contribution >= 0.6 is 0 Å². The van der Waals surface area contributed by atoms with Crippen molar-refractivity contribution in [3.05, 3.63) is 0 Å². The minimum Gasteiger partial charge on any atom is -0.444 e. The molecule has 0 rings (SSSR count). The Labute approximate surface area is 300 Å². The fourth-order valence-electron chi connectivity index (χ4n) is 4.75. The van der Waals surface area contributed by atoms with E-state index in [0.717, 1.165) is 0 Å². The van der Waals surface area contributed by atoms with E-state index >= 15 is 0 Å². The third-order valence-corrected chi connectivity index (χ3v) is 19.4. The second-order valence-corrected chi connectivity index (χ2v) is 27.8. The number of alkyl carbamates (subject to hydrolysis) is 1. The van der Waals surface area contributed by atoms with Crippen LogP contribution in [0.4, 0.5) is 4.79 Å². The Kier molecular flexibility index (Phi) is 17.3. The van der Waals surface area contributed by atoms with Gasteiger partial charge in [-0.3, -0.25) is 14.4 Å². The molecular weight excluding hydrogens is 657 g/mol. The SMILES string of the molecule is CC[C@H](C)[C@H](NC(=O)[C@@H](NC(=O)[C@H](C[C@@H](O[Si](C)(C)C(C)(C)C)[C@H](C)NC(=O)OC(C)(C)C)[C@H](C)O[Si](C)(C)C(C)(C)C)C(C)C)C(N)=O. The molecule has 49 heavy (non-hydrogen) atoms. The highest BCUT2D eigenvalue weighted by Crippen LogP contribution is 2.40. The van der Waals surface area contributed by atoms with Crippen LogP contribution in [0.5, 0.6) is 0 Å². The summed E-state index contributed by atoms with van der Waals surface area (Å²) in [5, 5.41) is 8.49. The van der Waals surface area contributed by atoms with Crippen LogP contribution in [-0.4, -0.2) is 76.4 Å². The Hall–Kier alpha value is -1.97. The first-order chi connectivity index (χ1) is 21.8. The predicted octanol–water partition coefficient (Wildman–Crippen LogP) is 6.86. The summed E-state index contributed by atoms with van der Waals surface area (Å²) < 4.78 is 19.3. The Bertz CT molecular complexity index is 1110. The van der Waals surface area contributed by atoms with Gasteiger partial charge in [-0.2, -0.15) is 0 Å². The summed E-state index contributed by atoms with van der Waals surface area (Å²) in [6, 6.07) is -2.32. The Morgan fingerprint density at radius 2 is 1.14 bits per heavy atom. The van der Waals surface area contributed by atoms with Crippen LogP contribution in [-0.2, 0) is 28.0 Å². The summed E-state index contributed by atoms with van der Waals surface area (Å²) in [6.45, 7) is 38.0. The monoisotopic (exact) mass is 731 g/mol. The van der Waals surface area contributed by atoms with Gasteiger partial charge in [-0.15, -0.1) is 0 Å². The van der Waals surface area contributed by atoms with Crippen molar-refractivity contribution in [2.75, 3.05) is 0 Å². The highest BCUT2D eigenvalue weighted by Gasteiger charge is 2.45. The zero-order valence-electron chi connectivity index (χ0n) is 34.5. The average Bonchev–Trinajstić information content (AvgIpc) is 2.88. The second kappa shape index (κ2) is 18.0. The molecule has 7 atom stereocenters. The van der Waals surface area contributed by atoms with Crippen LogP contribution in [0.1, 0.15) is 117 Å². The van der Waals surface area contributed by atoms with Gasteiger partial charge in [0.1, 0.15) is 17.7 Å². The van der Waals surface area contributed by atoms with Crippen molar-refractivity contribution >= 4 is 40.4 Å². The number of carbonyl (C=O) groups excluding carboxylic acids is 4. The van der Waals surface area contributed by atoms with Gasteiger partial charge in [-0.05, 0) is 89.1 Å². The van der Waals surface area contributed by atoms with Crippen LogP contribution in [0.25, 0.3) is 0 Å². The first-order valence-corrected chi connectivity index (χ1v) is 23.8. The summed E-state index contributed by atoms with van der Waals surface area (Å²) in [6.07, 6.45) is -0.839. The molecule has 4 amide bonds. The minimum absolute atomic E-state index is 0.120. The summed E-state index contributed by atoms with van der Waals surface area (Å²) in [5.41, 5.74) is 4.96. The summed E-state index contributed by atoms with van der Waals surface area (Å²) in [4.78, 5) is 53.3. The topological polar surface area (TPSA) is 158 Å². The summed E-state index contributed by atoms with van der Waals surface area (Å²) in [5.74, 6) is -2.68. The minimum atomic E-state index is -2.42. The molecule has 0 radical (unpaired) electrons. The lowest BCUT2D eigenvalue weighted by molar-refractivity contribution is -0.136. The molecule has 11 nitrogen and oxygen atoms in total. The lowest BCUT2D eigenvalue weighted by Crippen LogP contribution is -2.58. The van der Waals surface area contributed by atoms with Crippen molar-refractivity contribution in [3.8, 4) is 0 Å². The van der Waals surface area contributed by atoms with E-state index in [1.807, 2.05) is 41.5 Å². The number of nitrogens with one attached hydrogen (secondary N) is 3. The maximum Gasteiger partial charge on any atom is 0.407 e. The molecule has 0 aliphatic rings. The molecule has 0 aromatic carbocycles. The molecule has 0 fully saturated rings. The summed E-state index contributed by atoms with van der Waals surface area (Å²) >= 11 is 0. The molecule has 13 heteroatoms. The summed E-state index contributed by atoms with van der Waals surface area (Å²) in [7, 11) is -4.77. The fourth-order valence-corrected chi connectivity index (χ4v) is 7.61. The van der Waals surface area contributed by atoms with Crippen molar-refractivity contribution in [2.24, 2.45) is 23.5 Å². The molecule has 5 N–H and O–H groups in total. The van der Waals surface area contributed by atoms with Crippen LogP contribution in [0.3, 0.4) is 0 Å². The van der Waals surface area contributed by atoms with E-state index in [1.54, 1.807) is 20.8 Å². The maximum atomic E-state index is 14.5. The number of nitrogens with two attached hydrogens (primary N) is 1. The van der Waals surface area contributed by atoms with Crippen LogP contribution in [0.2, 0.25) is 36.3 Å². The molecule has 0 aliphatic heterocycles. The second-order valence-electron chi connectivity index (χ2n) is 18.3. The molecular formula is C36H74N4O7Si2. The van der Waals surface area contributed by atoms with Gasteiger partial charge < -0.3 is 35.3 Å². The number of rotatable bonds is 17. The van der Waals surface area contributed by atoms with Crippen molar-refractivity contribution in [2.45, 2.75) is 189 Å². The predicted molar refractivity (Wildman–Crippen MR) is 204 cm³/mol. The standard InChI is InChI=1S/C36H74N4O7Si2/c1-20-23(4)29(30(37)41)40-32(43)28(22(2)3)39-31(42)26(25(6)46-48(16,17)35(10,11)12)21-27(47-49(18,19)36(13,14)15)24(5)38-33(44)45-34(7,8)9/h22-29H,20-21H2,1-19H3,(H2,37,41)(H,38,44)(H,39,42)(H,40,43)/t23-,24-,25-,26+,27+,28-,29-/m0/s1. The van der Waals surface area contributed by atoms with Gasteiger partial charge in [0.2, 0.25) is 17.7 Å². The molecule has 0 unspecified atom stereocenters. The van der Waals surface area contributed by atoms with E-state index in [2.05, 4.69) is 83.7 Å². The van der Waals surface area contributed by atoms with E-state index in [0.29, 0.717) is 6.42 Å². The molecule has 0 bridgehead atoms. The quantitative estimate of drug-likeness (QED) is 0.119. The Balaban J connectivity index is 6.92. The number of primary amides is 1. The zero-order chi connectivity index (χ0) is 39.1. The van der Waals surface area contributed by atoms with E-state index in [4.69, 9.17) is 19.3 Å². The lowest BCUT2D eigenvalue weighted by atomic mass is 9.91. The van der Waals surface area contributed by atoms with E-state index < -0.39 is 76.4 Å². The Morgan fingerprint density at radius 3 is 1.53 bits per heavy atom. The molecule has 0 aromatic heterocycles. The Morgan fingerprint density at radius 1 is 0.694 bits per heavy atom. The maximum absolute atomic E-state index is 14.5. The van der Waals surface area contributed by atoms with Crippen LogP contribution in [0.15, 0.2) is 0 Å². The van der Waals surface area contributed by atoms with Crippen molar-refractivity contribution < 1.29 is 32.8 Å². The molecule has 0 spiro atoms. The lowest BCUT2D eigenvalue weighted by Gasteiger charge is -2.44. The van der Waals surface area contributed by atoms with Gasteiger partial charge >= 0.3 is 6.09 Å². The van der Waals surface area contributed by atoms with Crippen molar-refractivity contribution in [1.29, 1.82) is 0 Å². The van der Waals surface area contributed by atoms with E-state index in [1.165, 1.54) is 0 Å². The van der Waals surface area contributed by atoms with Gasteiger partial charge in [-0.25, -0.2) is 4.79 Å². The largest absolute Gasteiger partial charge is 0.444 e.